The first-order valence-electron chi connectivity index (χ1n) is 10.6. The number of amides is 2. The molecule has 3 heterocycles. The summed E-state index contributed by atoms with van der Waals surface area (Å²) in [5.41, 5.74) is 9.37. The molecule has 1 aromatic carbocycles. The highest BCUT2D eigenvalue weighted by molar-refractivity contribution is 7.21. The highest BCUT2D eigenvalue weighted by Gasteiger charge is 2.27. The van der Waals surface area contributed by atoms with Crippen LogP contribution in [0.1, 0.15) is 42.1 Å². The van der Waals surface area contributed by atoms with Gasteiger partial charge in [0.2, 0.25) is 0 Å². The average Bonchev–Trinajstić information content (AvgIpc) is 3.10. The third kappa shape index (κ3) is 4.91. The van der Waals surface area contributed by atoms with Gasteiger partial charge in [0, 0.05) is 37.0 Å². The maximum absolute atomic E-state index is 12.8. The molecule has 0 spiro atoms. The number of fused-ring (bicyclic) bond motifs is 1. The fourth-order valence-corrected chi connectivity index (χ4v) is 4.63. The number of nitrogens with zero attached hydrogens (tertiary/aromatic N) is 2. The molecule has 1 aliphatic heterocycles. The number of piperidine rings is 1. The molecule has 2 amide bonds. The lowest BCUT2D eigenvalue weighted by atomic mass is 10.1. The van der Waals surface area contributed by atoms with Crippen molar-refractivity contribution in [3.05, 3.63) is 58.6 Å². The Labute approximate surface area is 190 Å². The van der Waals surface area contributed by atoms with Crippen LogP contribution in [0.5, 0.6) is 0 Å². The molecule has 1 aliphatic rings. The number of likely N-dealkylation sites (tertiary alicyclic amines) is 1. The SMILES string of the molecule is CC(C)=Cc1ccc2c(N)c(C(=O)OC3CCN(C(=O)Nc4ccccc4)CC3)sc2n1. The van der Waals surface area contributed by atoms with Crippen molar-refractivity contribution in [2.24, 2.45) is 0 Å². The number of nitrogens with two attached hydrogens (primary N) is 1. The molecular formula is C24H26N4O3S. The summed E-state index contributed by atoms with van der Waals surface area (Å²) in [5.74, 6) is -0.429. The standard InChI is InChI=1S/C24H26N4O3S/c1-15(2)14-17-8-9-19-20(25)21(32-22(19)26-17)23(29)31-18-10-12-28(13-11-18)24(30)27-16-6-4-3-5-7-16/h3-9,14,18H,10-13,25H2,1-2H3,(H,27,30). The first-order chi connectivity index (χ1) is 15.4. The van der Waals surface area contributed by atoms with E-state index in [1.54, 1.807) is 4.90 Å². The Hall–Kier alpha value is -3.39. The number of ether oxygens (including phenoxy) is 1. The van der Waals surface area contributed by atoms with Crippen molar-refractivity contribution < 1.29 is 14.3 Å². The Kier molecular flexibility index (Phi) is 6.41. The first-order valence-corrected chi connectivity index (χ1v) is 11.4. The van der Waals surface area contributed by atoms with Crippen LogP contribution >= 0.6 is 11.3 Å². The van der Waals surface area contributed by atoms with Crippen LogP contribution in [0.3, 0.4) is 0 Å². The normalized spacial score (nSPS) is 14.2. The average molecular weight is 451 g/mol. The number of carbonyl (C=O) groups is 2. The molecule has 1 fully saturated rings. The number of hydrogen-bond acceptors (Lipinski definition) is 6. The second kappa shape index (κ2) is 9.40. The Balaban J connectivity index is 1.36. The van der Waals surface area contributed by atoms with Gasteiger partial charge < -0.3 is 20.7 Å². The fourth-order valence-electron chi connectivity index (χ4n) is 3.64. The van der Waals surface area contributed by atoms with Gasteiger partial charge in [0.05, 0.1) is 11.4 Å². The van der Waals surface area contributed by atoms with Gasteiger partial charge >= 0.3 is 12.0 Å². The number of nitrogens with one attached hydrogen (secondary N) is 1. The number of anilines is 2. The van der Waals surface area contributed by atoms with Crippen LogP contribution in [0.15, 0.2) is 48.0 Å². The van der Waals surface area contributed by atoms with E-state index in [-0.39, 0.29) is 12.1 Å². The summed E-state index contributed by atoms with van der Waals surface area (Å²) in [6, 6.07) is 13.0. The van der Waals surface area contributed by atoms with Crippen molar-refractivity contribution >= 4 is 51.0 Å². The van der Waals surface area contributed by atoms with Crippen LogP contribution in [0.4, 0.5) is 16.2 Å². The number of aromatic nitrogens is 1. The Morgan fingerprint density at radius 1 is 1.16 bits per heavy atom. The van der Waals surface area contributed by atoms with Crippen LogP contribution < -0.4 is 11.1 Å². The molecule has 0 bridgehead atoms. The number of hydrogen-bond donors (Lipinski definition) is 2. The maximum atomic E-state index is 12.8. The van der Waals surface area contributed by atoms with E-state index in [0.717, 1.165) is 27.2 Å². The van der Waals surface area contributed by atoms with E-state index in [0.29, 0.717) is 36.5 Å². The third-order valence-electron chi connectivity index (χ3n) is 5.27. The van der Waals surface area contributed by atoms with Gasteiger partial charge in [0.1, 0.15) is 15.8 Å². The van der Waals surface area contributed by atoms with Gasteiger partial charge in [-0.15, -0.1) is 11.3 Å². The Morgan fingerprint density at radius 3 is 2.56 bits per heavy atom. The lowest BCUT2D eigenvalue weighted by Crippen LogP contribution is -2.43. The van der Waals surface area contributed by atoms with Crippen LogP contribution in [0, 0.1) is 0 Å². The van der Waals surface area contributed by atoms with Crippen molar-refractivity contribution in [1.82, 2.24) is 9.88 Å². The van der Waals surface area contributed by atoms with Gasteiger partial charge in [0.15, 0.2) is 0 Å². The van der Waals surface area contributed by atoms with Gasteiger partial charge in [-0.1, -0.05) is 23.8 Å². The van der Waals surface area contributed by atoms with Crippen LogP contribution in [-0.2, 0) is 4.74 Å². The number of pyridine rings is 1. The van der Waals surface area contributed by atoms with Crippen LogP contribution in [0.2, 0.25) is 0 Å². The first kappa shape index (κ1) is 21.8. The number of carbonyl (C=O) groups excluding carboxylic acids is 2. The summed E-state index contributed by atoms with van der Waals surface area (Å²) in [5, 5.41) is 3.65. The summed E-state index contributed by atoms with van der Waals surface area (Å²) in [6.45, 7) is 5.06. The van der Waals surface area contributed by atoms with Gasteiger partial charge in [-0.2, -0.15) is 0 Å². The van der Waals surface area contributed by atoms with Crippen molar-refractivity contribution in [2.75, 3.05) is 24.1 Å². The molecule has 1 saturated heterocycles. The molecule has 166 valence electrons. The van der Waals surface area contributed by atoms with E-state index >= 15 is 0 Å². The van der Waals surface area contributed by atoms with Gasteiger partial charge in [0.25, 0.3) is 0 Å². The largest absolute Gasteiger partial charge is 0.458 e. The molecule has 0 saturated carbocycles. The minimum Gasteiger partial charge on any atom is -0.458 e. The quantitative estimate of drug-likeness (QED) is 0.536. The van der Waals surface area contributed by atoms with Gasteiger partial charge in [-0.05, 0) is 44.2 Å². The third-order valence-corrected chi connectivity index (χ3v) is 6.36. The molecule has 8 heteroatoms. The molecule has 32 heavy (non-hydrogen) atoms. The number of nitrogen functional groups attached to an aromatic ring is 1. The smallest absolute Gasteiger partial charge is 0.350 e. The monoisotopic (exact) mass is 450 g/mol. The molecule has 0 radical (unpaired) electrons. The lowest BCUT2D eigenvalue weighted by molar-refractivity contribution is 0.0164. The van der Waals surface area contributed by atoms with E-state index in [1.807, 2.05) is 62.4 Å². The zero-order chi connectivity index (χ0) is 22.7. The number of urea groups is 1. The predicted octanol–water partition coefficient (Wildman–Crippen LogP) is 5.16. The lowest BCUT2D eigenvalue weighted by Gasteiger charge is -2.31. The van der Waals surface area contributed by atoms with E-state index in [1.165, 1.54) is 11.3 Å². The number of thiophene rings is 1. The summed E-state index contributed by atoms with van der Waals surface area (Å²) in [4.78, 5) is 32.7. The van der Waals surface area contributed by atoms with E-state index < -0.39 is 5.97 Å². The van der Waals surface area contributed by atoms with Crippen molar-refractivity contribution in [3.8, 4) is 0 Å². The Bertz CT molecular complexity index is 1160. The molecule has 0 atom stereocenters. The minimum atomic E-state index is -0.429. The maximum Gasteiger partial charge on any atom is 0.350 e. The van der Waals surface area contributed by atoms with Crippen molar-refractivity contribution in [3.63, 3.8) is 0 Å². The molecule has 4 rings (SSSR count). The number of esters is 1. The molecular weight excluding hydrogens is 424 g/mol. The number of allylic oxidation sites excluding steroid dienone is 1. The molecule has 0 aliphatic carbocycles. The molecule has 7 nitrogen and oxygen atoms in total. The van der Waals surface area contributed by atoms with Crippen LogP contribution in [0.25, 0.3) is 16.3 Å². The predicted molar refractivity (Wildman–Crippen MR) is 129 cm³/mol. The van der Waals surface area contributed by atoms with Gasteiger partial charge in [-0.3, -0.25) is 0 Å². The van der Waals surface area contributed by atoms with E-state index in [2.05, 4.69) is 10.3 Å². The highest BCUT2D eigenvalue weighted by Crippen LogP contribution is 2.34. The van der Waals surface area contributed by atoms with Crippen molar-refractivity contribution in [2.45, 2.75) is 32.8 Å². The van der Waals surface area contributed by atoms with Gasteiger partial charge in [-0.25, -0.2) is 14.6 Å². The van der Waals surface area contributed by atoms with Crippen molar-refractivity contribution in [1.29, 1.82) is 0 Å². The fraction of sp³-hybridized carbons (Fsp3) is 0.292. The zero-order valence-corrected chi connectivity index (χ0v) is 18.9. The number of rotatable bonds is 4. The van der Waals surface area contributed by atoms with E-state index in [9.17, 15) is 9.59 Å². The number of para-hydroxylation sites is 1. The summed E-state index contributed by atoms with van der Waals surface area (Å²) < 4.78 is 5.72. The molecule has 3 N–H and O–H groups in total. The summed E-state index contributed by atoms with van der Waals surface area (Å²) in [7, 11) is 0. The molecule has 0 unspecified atom stereocenters. The Morgan fingerprint density at radius 2 is 1.88 bits per heavy atom. The minimum absolute atomic E-state index is 0.145. The molecule has 2 aromatic heterocycles. The second-order valence-electron chi connectivity index (χ2n) is 8.04. The van der Waals surface area contributed by atoms with E-state index in [4.69, 9.17) is 10.5 Å². The zero-order valence-electron chi connectivity index (χ0n) is 18.1. The topological polar surface area (TPSA) is 97.6 Å². The molecule has 3 aromatic rings. The second-order valence-corrected chi connectivity index (χ2v) is 9.04. The highest BCUT2D eigenvalue weighted by atomic mass is 32.1. The summed E-state index contributed by atoms with van der Waals surface area (Å²) in [6.07, 6.45) is 2.90. The number of benzene rings is 1. The van der Waals surface area contributed by atoms with Crippen LogP contribution in [-0.4, -0.2) is 41.1 Å². The summed E-state index contributed by atoms with van der Waals surface area (Å²) >= 11 is 1.25.